The molecule has 10 rings (SSSR count). The van der Waals surface area contributed by atoms with Gasteiger partial charge in [0.15, 0.2) is 0 Å². The average molecular weight is 690 g/mol. The number of hydrogen-bond acceptors (Lipinski definition) is 2. The van der Waals surface area contributed by atoms with Crippen LogP contribution in [0.15, 0.2) is 206 Å². The SMILES string of the molecule is Oc1ccccc1-c1cccc(N(c2ccc(-c3cc4ccccc4c4ccccc34)cc2)c2ccc(-c3cc4ccccc4c4ccccc34)cc2)c1. The highest BCUT2D eigenvalue weighted by Crippen LogP contribution is 2.42. The van der Waals surface area contributed by atoms with Crippen molar-refractivity contribution in [3.8, 4) is 39.1 Å². The Balaban J connectivity index is 1.10. The van der Waals surface area contributed by atoms with E-state index in [9.17, 15) is 5.11 Å². The molecule has 0 atom stereocenters. The average Bonchev–Trinajstić information content (AvgIpc) is 3.24. The lowest BCUT2D eigenvalue weighted by Crippen LogP contribution is -2.10. The molecule has 0 unspecified atom stereocenters. The van der Waals surface area contributed by atoms with Crippen LogP contribution in [0.2, 0.25) is 0 Å². The third-order valence-corrected chi connectivity index (χ3v) is 10.7. The van der Waals surface area contributed by atoms with Gasteiger partial charge in [0.05, 0.1) is 0 Å². The monoisotopic (exact) mass is 689 g/mol. The van der Waals surface area contributed by atoms with E-state index in [1.807, 2.05) is 18.2 Å². The van der Waals surface area contributed by atoms with E-state index < -0.39 is 0 Å². The van der Waals surface area contributed by atoms with Crippen molar-refractivity contribution >= 4 is 60.2 Å². The Morgan fingerprint density at radius 3 is 1.24 bits per heavy atom. The third kappa shape index (κ3) is 5.44. The zero-order valence-electron chi connectivity index (χ0n) is 29.5. The molecule has 254 valence electrons. The third-order valence-electron chi connectivity index (χ3n) is 10.7. The van der Waals surface area contributed by atoms with Gasteiger partial charge in [-0.25, -0.2) is 0 Å². The number of rotatable bonds is 6. The van der Waals surface area contributed by atoms with E-state index >= 15 is 0 Å². The standard InChI is InChI=1S/C52H35NO/c54-52-23-10-9-18-45(52)37-14-11-15-42(32-37)53(40-28-24-35(25-29-40)50-33-38-12-1-3-16-43(38)46-19-5-7-21-48(46)50)41-30-26-36(27-31-41)51-34-39-13-2-4-17-44(39)47-20-6-8-22-49(47)51/h1-34,54H. The second-order valence-corrected chi connectivity index (χ2v) is 13.9. The van der Waals surface area contributed by atoms with Gasteiger partial charge >= 0.3 is 0 Å². The fraction of sp³-hybridized carbons (Fsp3) is 0. The zero-order chi connectivity index (χ0) is 36.0. The summed E-state index contributed by atoms with van der Waals surface area (Å²) in [4.78, 5) is 2.30. The molecule has 0 aliphatic rings. The van der Waals surface area contributed by atoms with E-state index in [1.54, 1.807) is 6.07 Å². The first-order chi connectivity index (χ1) is 26.7. The maximum atomic E-state index is 10.8. The molecule has 0 aromatic heterocycles. The van der Waals surface area contributed by atoms with Crippen LogP contribution in [0.3, 0.4) is 0 Å². The van der Waals surface area contributed by atoms with Gasteiger partial charge in [-0.1, -0.05) is 152 Å². The van der Waals surface area contributed by atoms with Crippen molar-refractivity contribution in [2.24, 2.45) is 0 Å². The second kappa shape index (κ2) is 13.1. The number of para-hydroxylation sites is 1. The van der Waals surface area contributed by atoms with Crippen LogP contribution >= 0.6 is 0 Å². The van der Waals surface area contributed by atoms with Crippen LogP contribution in [0.25, 0.3) is 76.5 Å². The van der Waals surface area contributed by atoms with Crippen LogP contribution in [0.5, 0.6) is 5.75 Å². The largest absolute Gasteiger partial charge is 0.507 e. The number of phenols is 1. The minimum atomic E-state index is 0.264. The molecular weight excluding hydrogens is 655 g/mol. The summed E-state index contributed by atoms with van der Waals surface area (Å²) in [7, 11) is 0. The van der Waals surface area contributed by atoms with E-state index in [1.165, 1.54) is 65.3 Å². The molecule has 0 bridgehead atoms. The number of fused-ring (bicyclic) bond motifs is 6. The topological polar surface area (TPSA) is 23.5 Å². The van der Waals surface area contributed by atoms with Crippen LogP contribution in [-0.4, -0.2) is 5.11 Å². The summed E-state index contributed by atoms with van der Waals surface area (Å²) in [6, 6.07) is 73.0. The molecule has 0 spiro atoms. The summed E-state index contributed by atoms with van der Waals surface area (Å²) in [5, 5.41) is 20.8. The number of nitrogens with zero attached hydrogens (tertiary/aromatic N) is 1. The van der Waals surface area contributed by atoms with Crippen LogP contribution in [0.4, 0.5) is 17.1 Å². The Labute approximate surface area is 314 Å². The highest BCUT2D eigenvalue weighted by Gasteiger charge is 2.17. The molecule has 0 aliphatic carbocycles. The van der Waals surface area contributed by atoms with E-state index in [2.05, 4.69) is 187 Å². The molecule has 0 aliphatic heterocycles. The second-order valence-electron chi connectivity index (χ2n) is 13.9. The van der Waals surface area contributed by atoms with E-state index in [0.717, 1.165) is 28.2 Å². The van der Waals surface area contributed by atoms with Crippen LogP contribution in [0, 0.1) is 0 Å². The molecule has 10 aromatic carbocycles. The van der Waals surface area contributed by atoms with Gasteiger partial charge in [0.25, 0.3) is 0 Å². The highest BCUT2D eigenvalue weighted by atomic mass is 16.3. The van der Waals surface area contributed by atoms with Crippen molar-refractivity contribution in [3.63, 3.8) is 0 Å². The van der Waals surface area contributed by atoms with Gasteiger partial charge in [0, 0.05) is 22.6 Å². The summed E-state index contributed by atoms with van der Waals surface area (Å²) in [5.41, 5.74) is 9.62. The van der Waals surface area contributed by atoms with Gasteiger partial charge in [0.1, 0.15) is 5.75 Å². The lowest BCUT2D eigenvalue weighted by atomic mass is 9.93. The maximum absolute atomic E-state index is 10.8. The minimum Gasteiger partial charge on any atom is -0.507 e. The number of benzene rings is 10. The fourth-order valence-corrected chi connectivity index (χ4v) is 8.14. The first-order valence-electron chi connectivity index (χ1n) is 18.4. The number of phenolic OH excluding ortho intramolecular Hbond substituents is 1. The molecule has 0 heterocycles. The normalized spacial score (nSPS) is 11.4. The quantitative estimate of drug-likeness (QED) is 0.176. The Kier molecular flexibility index (Phi) is 7.66. The van der Waals surface area contributed by atoms with Crippen LogP contribution in [-0.2, 0) is 0 Å². The zero-order valence-corrected chi connectivity index (χ0v) is 29.5. The number of aromatic hydroxyl groups is 1. The molecule has 0 radical (unpaired) electrons. The van der Waals surface area contributed by atoms with Gasteiger partial charge in [0.2, 0.25) is 0 Å². The van der Waals surface area contributed by atoms with Crippen LogP contribution < -0.4 is 4.90 Å². The fourth-order valence-electron chi connectivity index (χ4n) is 8.14. The van der Waals surface area contributed by atoms with Crippen molar-refractivity contribution < 1.29 is 5.11 Å². The first kappa shape index (κ1) is 31.6. The molecular formula is C52H35NO. The smallest absolute Gasteiger partial charge is 0.123 e. The van der Waals surface area contributed by atoms with Crippen LogP contribution in [0.1, 0.15) is 0 Å². The van der Waals surface area contributed by atoms with Crippen molar-refractivity contribution in [2.75, 3.05) is 4.90 Å². The lowest BCUT2D eigenvalue weighted by Gasteiger charge is -2.26. The van der Waals surface area contributed by atoms with Gasteiger partial charge in [-0.3, -0.25) is 0 Å². The number of anilines is 3. The Hall–Kier alpha value is -7.16. The molecule has 0 fully saturated rings. The lowest BCUT2D eigenvalue weighted by molar-refractivity contribution is 0.477. The first-order valence-corrected chi connectivity index (χ1v) is 18.4. The Morgan fingerprint density at radius 2 is 0.722 bits per heavy atom. The predicted octanol–water partition coefficient (Wildman–Crippen LogP) is 14.5. The van der Waals surface area contributed by atoms with Gasteiger partial charge < -0.3 is 10.0 Å². The van der Waals surface area contributed by atoms with E-state index in [4.69, 9.17) is 0 Å². The molecule has 1 N–H and O–H groups in total. The van der Waals surface area contributed by atoms with Gasteiger partial charge in [-0.05, 0) is 126 Å². The predicted molar refractivity (Wildman–Crippen MR) is 229 cm³/mol. The van der Waals surface area contributed by atoms with Crippen molar-refractivity contribution in [1.29, 1.82) is 0 Å². The molecule has 2 nitrogen and oxygen atoms in total. The summed E-state index contributed by atoms with van der Waals surface area (Å²) in [6.45, 7) is 0. The molecule has 10 aromatic rings. The van der Waals surface area contributed by atoms with Crippen molar-refractivity contribution in [3.05, 3.63) is 206 Å². The Morgan fingerprint density at radius 1 is 0.278 bits per heavy atom. The summed E-state index contributed by atoms with van der Waals surface area (Å²) < 4.78 is 0. The molecule has 0 amide bonds. The van der Waals surface area contributed by atoms with E-state index in [-0.39, 0.29) is 5.75 Å². The van der Waals surface area contributed by atoms with Gasteiger partial charge in [-0.2, -0.15) is 0 Å². The Bertz CT molecular complexity index is 2840. The highest BCUT2D eigenvalue weighted by molar-refractivity contribution is 6.15. The molecule has 54 heavy (non-hydrogen) atoms. The number of hydrogen-bond donors (Lipinski definition) is 1. The summed E-state index contributed by atoms with van der Waals surface area (Å²) in [6.07, 6.45) is 0. The summed E-state index contributed by atoms with van der Waals surface area (Å²) in [5.74, 6) is 0.264. The maximum Gasteiger partial charge on any atom is 0.123 e. The minimum absolute atomic E-state index is 0.264. The van der Waals surface area contributed by atoms with Gasteiger partial charge in [-0.15, -0.1) is 0 Å². The molecule has 0 saturated heterocycles. The molecule has 2 heteroatoms. The summed E-state index contributed by atoms with van der Waals surface area (Å²) >= 11 is 0. The van der Waals surface area contributed by atoms with E-state index in [0.29, 0.717) is 0 Å². The van der Waals surface area contributed by atoms with Crippen molar-refractivity contribution in [1.82, 2.24) is 0 Å². The van der Waals surface area contributed by atoms with Crippen molar-refractivity contribution in [2.45, 2.75) is 0 Å². The molecule has 0 saturated carbocycles.